The molecule has 0 radical (unpaired) electrons. The number of aryl methyl sites for hydroxylation is 6. The second kappa shape index (κ2) is 39.2. The molecular weight excluding hydrogens is 1670 g/mol. The minimum absolute atomic E-state index is 0.508. The first-order chi connectivity index (χ1) is 66.9. The van der Waals surface area contributed by atoms with Crippen LogP contribution in [0.3, 0.4) is 0 Å². The monoisotopic (exact) mass is 1800 g/mol. The summed E-state index contributed by atoms with van der Waals surface area (Å²) in [5.41, 5.74) is 38.9. The summed E-state index contributed by atoms with van der Waals surface area (Å²) in [5.74, 6) is 3.16. The van der Waals surface area contributed by atoms with E-state index in [1.54, 1.807) is 0 Å². The largest absolute Gasteiger partial charge is 0.309 e. The summed E-state index contributed by atoms with van der Waals surface area (Å²) >= 11 is 0. The van der Waals surface area contributed by atoms with E-state index in [2.05, 4.69) is 552 Å². The zero-order valence-corrected chi connectivity index (χ0v) is 83.3. The Morgan fingerprint density at radius 1 is 0.138 bits per heavy atom. The van der Waals surface area contributed by atoms with Gasteiger partial charge >= 0.3 is 0 Å². The van der Waals surface area contributed by atoms with E-state index in [-0.39, 0.29) is 0 Å². The van der Waals surface area contributed by atoms with Gasteiger partial charge in [-0.15, -0.1) is 0 Å². The van der Waals surface area contributed by atoms with Crippen LogP contribution in [0.2, 0.25) is 0 Å². The maximum atomic E-state index is 2.39. The number of hydrogen-bond donors (Lipinski definition) is 0. The number of nitrogens with zero attached hydrogens (tertiary/aromatic N) is 6. The van der Waals surface area contributed by atoms with Gasteiger partial charge in [0.1, 0.15) is 0 Å². The lowest BCUT2D eigenvalue weighted by Crippen LogP contribution is -1.94. The molecule has 684 valence electrons. The minimum Gasteiger partial charge on any atom is -0.309 e. The third-order valence-corrected chi connectivity index (χ3v) is 27.7. The Morgan fingerprint density at radius 3 is 0.688 bits per heavy atom. The first-order valence-corrected chi connectivity index (χ1v) is 49.5. The topological polar surface area (TPSA) is 29.6 Å². The summed E-state index contributed by atoms with van der Waals surface area (Å²) in [6, 6.07) is 145. The van der Waals surface area contributed by atoms with Crippen LogP contribution in [0, 0.1) is 41.5 Å². The number of rotatable bonds is 12. The van der Waals surface area contributed by atoms with Crippen molar-refractivity contribution in [2.24, 2.45) is 0 Å². The number of fused-ring (bicyclic) bond motifs is 18. The maximum Gasteiger partial charge on any atom is 0.0543 e. The Labute approximate surface area is 814 Å². The second-order valence-corrected chi connectivity index (χ2v) is 39.7. The van der Waals surface area contributed by atoms with Crippen LogP contribution in [0.1, 0.15) is 185 Å². The molecule has 24 aromatic rings. The second-order valence-electron chi connectivity index (χ2n) is 39.7. The molecule has 0 aliphatic heterocycles. The van der Waals surface area contributed by atoms with Gasteiger partial charge in [-0.3, -0.25) is 0 Å². The molecule has 6 heterocycles. The highest BCUT2D eigenvalue weighted by atomic mass is 15.0. The van der Waals surface area contributed by atoms with E-state index in [0.29, 0.717) is 35.5 Å². The zero-order chi connectivity index (χ0) is 95.8. The normalized spacial score (nSPS) is 11.7. The van der Waals surface area contributed by atoms with E-state index < -0.39 is 0 Å². The van der Waals surface area contributed by atoms with Gasteiger partial charge in [-0.1, -0.05) is 324 Å². The molecule has 18 aromatic carbocycles. The van der Waals surface area contributed by atoms with Crippen LogP contribution >= 0.6 is 0 Å². The molecule has 0 unspecified atom stereocenters. The summed E-state index contributed by atoms with van der Waals surface area (Å²) in [7, 11) is 0. The van der Waals surface area contributed by atoms with Gasteiger partial charge in [-0.2, -0.15) is 0 Å². The first kappa shape index (κ1) is 91.9. The fraction of sp³-hybridized carbons (Fsp3) is 0.182. The standard InChI is InChI=1S/6C22H21N/c1-15(2)18-10-7-11-21-22(18)19-14-16(3)12-13-20(19)23(21)17-8-5-4-6-9-17;1-15(2)18-10-7-11-20-22(18)19-13-12-16(3)14-21(19)23(20)17-8-5-4-6-9-17;1-15(2)17-10-11-19-20-13-16(3)9-12-21(20)23(22(19)14-17)18-7-5-4-6-8-18;1-15(2)17-10-12-22-20(14-17)19-13-16(3)9-11-21(19)23(22)18-7-5-4-6-8-18;1-15(2)17-10-12-21-20(14-17)19-11-9-16(3)13-22(19)23(21)18-7-5-4-6-8-18;1-15(2)17-10-12-20-19-11-9-16(3)13-21(19)23(22(20)14-17)18-7-5-4-6-8-18/h6*4-15H,1-3H3. The lowest BCUT2D eigenvalue weighted by Gasteiger charge is -2.10. The van der Waals surface area contributed by atoms with Gasteiger partial charge in [0.15, 0.2) is 0 Å². The van der Waals surface area contributed by atoms with Gasteiger partial charge in [0.2, 0.25) is 0 Å². The van der Waals surface area contributed by atoms with Crippen molar-refractivity contribution in [2.45, 2.75) is 160 Å². The quantitative estimate of drug-likeness (QED) is 0.117. The van der Waals surface area contributed by atoms with Crippen molar-refractivity contribution in [3.05, 3.63) is 467 Å². The highest BCUT2D eigenvalue weighted by Gasteiger charge is 2.23. The molecule has 0 saturated carbocycles. The Morgan fingerprint density at radius 2 is 0.348 bits per heavy atom. The smallest absolute Gasteiger partial charge is 0.0543 e. The van der Waals surface area contributed by atoms with Crippen molar-refractivity contribution in [2.75, 3.05) is 0 Å². The average molecular weight is 1800 g/mol. The summed E-state index contributed by atoms with van der Waals surface area (Å²) in [6.45, 7) is 40.1. The Bertz CT molecular complexity index is 8410. The Kier molecular flexibility index (Phi) is 26.1. The number of benzene rings is 18. The molecule has 0 bridgehead atoms. The summed E-state index contributed by atoms with van der Waals surface area (Å²) in [6.07, 6.45) is 0. The molecule has 0 atom stereocenters. The summed E-state index contributed by atoms with van der Waals surface area (Å²) < 4.78 is 14.3. The summed E-state index contributed by atoms with van der Waals surface area (Å²) in [4.78, 5) is 0. The van der Waals surface area contributed by atoms with Crippen molar-refractivity contribution >= 4 is 131 Å². The van der Waals surface area contributed by atoms with Crippen LogP contribution in [-0.2, 0) is 0 Å². The zero-order valence-electron chi connectivity index (χ0n) is 83.3. The molecule has 0 spiro atoms. The highest BCUT2D eigenvalue weighted by molar-refractivity contribution is 6.16. The predicted octanol–water partition coefficient (Wildman–Crippen LogP) is 37.3. The van der Waals surface area contributed by atoms with E-state index in [9.17, 15) is 0 Å². The maximum absolute atomic E-state index is 2.39. The van der Waals surface area contributed by atoms with Crippen molar-refractivity contribution in [3.63, 3.8) is 0 Å². The van der Waals surface area contributed by atoms with Crippen LogP contribution in [-0.4, -0.2) is 27.4 Å². The average Bonchev–Trinajstić information content (AvgIpc) is 1.59. The lowest BCUT2D eigenvalue weighted by atomic mass is 9.97. The van der Waals surface area contributed by atoms with Crippen molar-refractivity contribution < 1.29 is 0 Å². The number of aromatic nitrogens is 6. The van der Waals surface area contributed by atoms with Crippen LogP contribution in [0.5, 0.6) is 0 Å². The van der Waals surface area contributed by atoms with Gasteiger partial charge in [-0.25, -0.2) is 0 Å². The fourth-order valence-electron chi connectivity index (χ4n) is 20.5. The Balaban J connectivity index is 0.000000106. The van der Waals surface area contributed by atoms with E-state index in [0.717, 1.165) is 0 Å². The molecule has 0 aliphatic carbocycles. The number of para-hydroxylation sites is 6. The van der Waals surface area contributed by atoms with E-state index in [1.165, 1.54) is 232 Å². The van der Waals surface area contributed by atoms with Gasteiger partial charge in [-0.05, 0) is 303 Å². The minimum atomic E-state index is 0.508. The van der Waals surface area contributed by atoms with Crippen LogP contribution < -0.4 is 0 Å². The van der Waals surface area contributed by atoms with E-state index in [4.69, 9.17) is 0 Å². The molecule has 138 heavy (non-hydrogen) atoms. The van der Waals surface area contributed by atoms with Crippen molar-refractivity contribution in [1.82, 2.24) is 27.4 Å². The van der Waals surface area contributed by atoms with Gasteiger partial charge in [0.05, 0.1) is 66.2 Å². The molecule has 0 aliphatic rings. The molecule has 6 aromatic heterocycles. The van der Waals surface area contributed by atoms with Gasteiger partial charge in [0.25, 0.3) is 0 Å². The molecule has 0 saturated heterocycles. The van der Waals surface area contributed by atoms with Crippen LogP contribution in [0.4, 0.5) is 0 Å². The van der Waals surface area contributed by atoms with Gasteiger partial charge in [0, 0.05) is 98.8 Å². The van der Waals surface area contributed by atoms with Crippen LogP contribution in [0.15, 0.2) is 400 Å². The molecule has 6 nitrogen and oxygen atoms in total. The summed E-state index contributed by atoms with van der Waals surface area (Å²) in [5, 5.41) is 16.2. The van der Waals surface area contributed by atoms with Crippen molar-refractivity contribution in [3.8, 4) is 34.1 Å². The van der Waals surface area contributed by atoms with Crippen molar-refractivity contribution in [1.29, 1.82) is 0 Å². The lowest BCUT2D eigenvalue weighted by molar-refractivity contribution is 0.868. The third-order valence-electron chi connectivity index (χ3n) is 27.7. The van der Waals surface area contributed by atoms with Gasteiger partial charge < -0.3 is 27.4 Å². The molecule has 0 fully saturated rings. The predicted molar refractivity (Wildman–Crippen MR) is 598 cm³/mol. The fourth-order valence-corrected chi connectivity index (χ4v) is 20.5. The highest BCUT2D eigenvalue weighted by Crippen LogP contribution is 2.44. The molecular formula is C132H126N6. The number of hydrogen-bond acceptors (Lipinski definition) is 0. The van der Waals surface area contributed by atoms with E-state index >= 15 is 0 Å². The Hall–Kier alpha value is -15.2. The van der Waals surface area contributed by atoms with E-state index in [1.807, 2.05) is 0 Å². The molecule has 24 rings (SSSR count). The first-order valence-electron chi connectivity index (χ1n) is 49.5. The van der Waals surface area contributed by atoms with Crippen LogP contribution in [0.25, 0.3) is 165 Å². The molecule has 0 N–H and O–H groups in total. The third kappa shape index (κ3) is 17.9. The SMILES string of the molecule is Cc1ccc2c(c1)c1c(C(C)C)cccc1n2-c1ccccc1.Cc1ccc2c(c1)c1cc(C(C)C)ccc1n2-c1ccccc1.Cc1ccc2c(c1)c1ccc(C(C)C)cc1n2-c1ccccc1.Cc1ccc2c3c(C(C)C)cccc3n(-c3ccccc3)c2c1.Cc1ccc2c3cc(C(C)C)ccc3n(-c3ccccc3)c2c1.Cc1ccc2c3ccc(C(C)C)cc3n(-c3ccccc3)c2c1. The molecule has 0 amide bonds. The molecule has 6 heteroatoms.